The van der Waals surface area contributed by atoms with E-state index >= 15 is 0 Å². The standard InChI is InChI=1S/C18H27NO5S/c1-13(2)11-24-18(20)14(3)19-25(21,22)17-9-7-16(8-10-17)23-12-15-5-4-6-15/h7-10,13-15,19H,4-6,11-12H2,1-3H3/t14-/m1/s1. The van der Waals surface area contributed by atoms with Gasteiger partial charge < -0.3 is 9.47 Å². The van der Waals surface area contributed by atoms with Crippen LogP contribution in [0.15, 0.2) is 29.2 Å². The molecule has 0 amide bonds. The minimum absolute atomic E-state index is 0.0898. The topological polar surface area (TPSA) is 81.7 Å². The highest BCUT2D eigenvalue weighted by Gasteiger charge is 2.23. The Morgan fingerprint density at radius 3 is 2.36 bits per heavy atom. The van der Waals surface area contributed by atoms with Gasteiger partial charge in [-0.2, -0.15) is 4.72 Å². The maximum absolute atomic E-state index is 12.4. The normalized spacial score (nSPS) is 16.3. The summed E-state index contributed by atoms with van der Waals surface area (Å²) < 4.78 is 37.8. The molecule has 2 rings (SSSR count). The van der Waals surface area contributed by atoms with Crippen LogP contribution >= 0.6 is 0 Å². The second kappa shape index (κ2) is 8.67. The average molecular weight is 369 g/mol. The number of sulfonamides is 1. The van der Waals surface area contributed by atoms with E-state index in [1.54, 1.807) is 12.1 Å². The van der Waals surface area contributed by atoms with Crippen molar-refractivity contribution in [2.45, 2.75) is 51.0 Å². The quantitative estimate of drug-likeness (QED) is 0.677. The lowest BCUT2D eigenvalue weighted by Crippen LogP contribution is -2.39. The lowest BCUT2D eigenvalue weighted by molar-refractivity contribution is -0.146. The van der Waals surface area contributed by atoms with E-state index in [1.165, 1.54) is 38.3 Å². The predicted molar refractivity (Wildman–Crippen MR) is 94.9 cm³/mol. The van der Waals surface area contributed by atoms with E-state index in [2.05, 4.69) is 4.72 Å². The second-order valence-corrected chi connectivity index (χ2v) is 8.66. The summed E-state index contributed by atoms with van der Waals surface area (Å²) in [5.74, 6) is 0.871. The van der Waals surface area contributed by atoms with Crippen LogP contribution in [0, 0.1) is 11.8 Å². The molecule has 0 heterocycles. The molecule has 1 N–H and O–H groups in total. The van der Waals surface area contributed by atoms with Gasteiger partial charge in [0.1, 0.15) is 11.8 Å². The van der Waals surface area contributed by atoms with Gasteiger partial charge in [0.2, 0.25) is 10.0 Å². The molecule has 6 nitrogen and oxygen atoms in total. The van der Waals surface area contributed by atoms with Crippen molar-refractivity contribution >= 4 is 16.0 Å². The summed E-state index contributed by atoms with van der Waals surface area (Å²) in [4.78, 5) is 11.9. The molecular weight excluding hydrogens is 342 g/mol. The van der Waals surface area contributed by atoms with E-state index < -0.39 is 22.0 Å². The first kappa shape index (κ1) is 19.7. The van der Waals surface area contributed by atoms with Crippen LogP contribution in [0.2, 0.25) is 0 Å². The van der Waals surface area contributed by atoms with Crippen molar-refractivity contribution in [1.29, 1.82) is 0 Å². The first-order valence-corrected chi connectivity index (χ1v) is 10.2. The Morgan fingerprint density at radius 2 is 1.84 bits per heavy atom. The van der Waals surface area contributed by atoms with Gasteiger partial charge in [-0.25, -0.2) is 8.42 Å². The van der Waals surface area contributed by atoms with Crippen LogP contribution in [0.4, 0.5) is 0 Å². The molecule has 0 aromatic heterocycles. The number of carbonyl (C=O) groups is 1. The van der Waals surface area contributed by atoms with Gasteiger partial charge in [-0.05, 0) is 55.9 Å². The van der Waals surface area contributed by atoms with E-state index in [1.807, 2.05) is 13.8 Å². The van der Waals surface area contributed by atoms with Crippen molar-refractivity contribution in [3.63, 3.8) is 0 Å². The molecule has 0 bridgehead atoms. The minimum atomic E-state index is -3.79. The molecule has 7 heteroatoms. The van der Waals surface area contributed by atoms with Crippen LogP contribution in [-0.4, -0.2) is 33.6 Å². The van der Waals surface area contributed by atoms with Crippen LogP contribution in [0.3, 0.4) is 0 Å². The van der Waals surface area contributed by atoms with Crippen molar-refractivity contribution < 1.29 is 22.7 Å². The van der Waals surface area contributed by atoms with E-state index in [4.69, 9.17) is 9.47 Å². The molecule has 0 radical (unpaired) electrons. The first-order valence-electron chi connectivity index (χ1n) is 8.70. The van der Waals surface area contributed by atoms with E-state index in [0.717, 1.165) is 0 Å². The summed E-state index contributed by atoms with van der Waals surface area (Å²) >= 11 is 0. The van der Waals surface area contributed by atoms with Gasteiger partial charge in [-0.15, -0.1) is 0 Å². The summed E-state index contributed by atoms with van der Waals surface area (Å²) in [7, 11) is -3.79. The van der Waals surface area contributed by atoms with Crippen molar-refractivity contribution in [1.82, 2.24) is 4.72 Å². The van der Waals surface area contributed by atoms with Gasteiger partial charge in [0.25, 0.3) is 0 Å². The molecule has 1 aliphatic rings. The molecule has 1 aliphatic carbocycles. The lowest BCUT2D eigenvalue weighted by atomic mass is 9.86. The smallest absolute Gasteiger partial charge is 0.323 e. The largest absolute Gasteiger partial charge is 0.493 e. The third-order valence-electron chi connectivity index (χ3n) is 4.09. The summed E-state index contributed by atoms with van der Waals surface area (Å²) in [5.41, 5.74) is 0. The summed E-state index contributed by atoms with van der Waals surface area (Å²) in [6.07, 6.45) is 3.65. The Kier molecular flexibility index (Phi) is 6.84. The average Bonchev–Trinajstić information content (AvgIpc) is 2.51. The third-order valence-corrected chi connectivity index (χ3v) is 5.65. The second-order valence-electron chi connectivity index (χ2n) is 6.95. The zero-order valence-corrected chi connectivity index (χ0v) is 15.8. The van der Waals surface area contributed by atoms with E-state index in [9.17, 15) is 13.2 Å². The molecule has 1 aromatic rings. The molecular formula is C18H27NO5S. The number of hydrogen-bond donors (Lipinski definition) is 1. The number of nitrogens with one attached hydrogen (secondary N) is 1. The van der Waals surface area contributed by atoms with Crippen molar-refractivity contribution in [2.24, 2.45) is 11.8 Å². The van der Waals surface area contributed by atoms with Crippen molar-refractivity contribution in [3.8, 4) is 5.75 Å². The highest BCUT2D eigenvalue weighted by atomic mass is 32.2. The predicted octanol–water partition coefficient (Wildman–Crippen LogP) is 2.73. The Bertz CT molecular complexity index is 665. The number of benzene rings is 1. The molecule has 0 spiro atoms. The number of hydrogen-bond acceptors (Lipinski definition) is 5. The van der Waals surface area contributed by atoms with Gasteiger partial charge in [-0.3, -0.25) is 4.79 Å². The van der Waals surface area contributed by atoms with Gasteiger partial charge in [0.15, 0.2) is 0 Å². The molecule has 0 saturated heterocycles. The fraction of sp³-hybridized carbons (Fsp3) is 0.611. The fourth-order valence-corrected chi connectivity index (χ4v) is 3.50. The first-order chi connectivity index (χ1) is 11.8. The molecule has 25 heavy (non-hydrogen) atoms. The van der Waals surface area contributed by atoms with Crippen LogP contribution in [0.5, 0.6) is 5.75 Å². The van der Waals surface area contributed by atoms with Crippen LogP contribution in [-0.2, 0) is 19.6 Å². The van der Waals surface area contributed by atoms with E-state index in [-0.39, 0.29) is 17.4 Å². The molecule has 1 saturated carbocycles. The zero-order chi connectivity index (χ0) is 18.4. The minimum Gasteiger partial charge on any atom is -0.493 e. The molecule has 1 fully saturated rings. The van der Waals surface area contributed by atoms with Crippen molar-refractivity contribution in [3.05, 3.63) is 24.3 Å². The summed E-state index contributed by atoms with van der Waals surface area (Å²) in [6, 6.07) is 5.28. The fourth-order valence-electron chi connectivity index (χ4n) is 2.31. The maximum Gasteiger partial charge on any atom is 0.323 e. The van der Waals surface area contributed by atoms with Crippen LogP contribution in [0.25, 0.3) is 0 Å². The SMILES string of the molecule is CC(C)COC(=O)[C@@H](C)NS(=O)(=O)c1ccc(OCC2CCC2)cc1. The molecule has 140 valence electrons. The Hall–Kier alpha value is -1.60. The number of ether oxygens (including phenoxy) is 2. The lowest BCUT2D eigenvalue weighted by Gasteiger charge is -2.25. The van der Waals surface area contributed by atoms with Gasteiger partial charge in [0, 0.05) is 0 Å². The van der Waals surface area contributed by atoms with Crippen LogP contribution in [0.1, 0.15) is 40.0 Å². The van der Waals surface area contributed by atoms with E-state index in [0.29, 0.717) is 18.3 Å². The summed E-state index contributed by atoms with van der Waals surface area (Å²) in [6.45, 7) is 6.23. The number of carbonyl (C=O) groups excluding carboxylic acids is 1. The van der Waals surface area contributed by atoms with Crippen LogP contribution < -0.4 is 9.46 Å². The Morgan fingerprint density at radius 1 is 1.20 bits per heavy atom. The molecule has 1 aromatic carbocycles. The highest BCUT2D eigenvalue weighted by Crippen LogP contribution is 2.27. The maximum atomic E-state index is 12.4. The molecule has 1 atom stereocenters. The zero-order valence-electron chi connectivity index (χ0n) is 15.0. The molecule has 0 aliphatic heterocycles. The molecule has 0 unspecified atom stereocenters. The monoisotopic (exact) mass is 369 g/mol. The summed E-state index contributed by atoms with van der Waals surface area (Å²) in [5, 5.41) is 0. The van der Waals surface area contributed by atoms with Gasteiger partial charge in [-0.1, -0.05) is 20.3 Å². The third kappa shape index (κ3) is 6.01. The van der Waals surface area contributed by atoms with Crippen molar-refractivity contribution in [2.75, 3.05) is 13.2 Å². The number of esters is 1. The van der Waals surface area contributed by atoms with Gasteiger partial charge >= 0.3 is 5.97 Å². The highest BCUT2D eigenvalue weighted by molar-refractivity contribution is 7.89. The van der Waals surface area contributed by atoms with Gasteiger partial charge in [0.05, 0.1) is 18.1 Å². The Balaban J connectivity index is 1.90. The number of rotatable bonds is 9. The Labute approximate surface area is 150 Å².